The highest BCUT2D eigenvalue weighted by Crippen LogP contribution is 2.20. The molecule has 0 aliphatic heterocycles. The lowest BCUT2D eigenvalue weighted by Crippen LogP contribution is -2.27. The summed E-state index contributed by atoms with van der Waals surface area (Å²) in [7, 11) is 0. The third-order valence-corrected chi connectivity index (χ3v) is 4.92. The second kappa shape index (κ2) is 8.91. The Balaban J connectivity index is 1.32. The average Bonchev–Trinajstić information content (AvgIpc) is 3.45. The van der Waals surface area contributed by atoms with Crippen molar-refractivity contribution in [3.63, 3.8) is 0 Å². The molecule has 0 aliphatic carbocycles. The zero-order chi connectivity index (χ0) is 21.8. The third kappa shape index (κ3) is 4.85. The van der Waals surface area contributed by atoms with Crippen LogP contribution in [-0.2, 0) is 11.2 Å². The Morgan fingerprint density at radius 2 is 2.00 bits per heavy atom. The molecule has 4 aromatic rings. The first-order valence-corrected chi connectivity index (χ1v) is 9.98. The van der Waals surface area contributed by atoms with Gasteiger partial charge >= 0.3 is 0 Å². The maximum absolute atomic E-state index is 13.4. The van der Waals surface area contributed by atoms with E-state index in [2.05, 4.69) is 25.4 Å². The van der Waals surface area contributed by atoms with E-state index in [1.54, 1.807) is 25.3 Å². The number of aromatic amines is 1. The summed E-state index contributed by atoms with van der Waals surface area (Å²) in [6, 6.07) is 14.2. The van der Waals surface area contributed by atoms with Gasteiger partial charge in [-0.2, -0.15) is 4.98 Å². The van der Waals surface area contributed by atoms with Gasteiger partial charge in [-0.25, -0.2) is 9.37 Å². The van der Waals surface area contributed by atoms with Crippen molar-refractivity contribution < 1.29 is 13.7 Å². The minimum absolute atomic E-state index is 0.150. The van der Waals surface area contributed by atoms with E-state index in [9.17, 15) is 9.18 Å². The van der Waals surface area contributed by atoms with Gasteiger partial charge in [0, 0.05) is 18.4 Å². The first-order chi connectivity index (χ1) is 15.0. The summed E-state index contributed by atoms with van der Waals surface area (Å²) >= 11 is 0. The third-order valence-electron chi connectivity index (χ3n) is 4.92. The minimum atomic E-state index is -0.286. The number of carbonyl (C=O) groups excluding carboxylic acids is 1. The van der Waals surface area contributed by atoms with E-state index >= 15 is 0 Å². The van der Waals surface area contributed by atoms with E-state index < -0.39 is 0 Å². The maximum atomic E-state index is 13.4. The molecule has 1 atom stereocenters. The molecule has 0 spiro atoms. The minimum Gasteiger partial charge on any atom is -0.346 e. The molecule has 2 aromatic heterocycles. The molecule has 4 rings (SSSR count). The quantitative estimate of drug-likeness (QED) is 0.463. The van der Waals surface area contributed by atoms with Gasteiger partial charge in [0.2, 0.25) is 17.6 Å². The van der Waals surface area contributed by atoms with Crippen molar-refractivity contribution in [1.82, 2.24) is 25.4 Å². The van der Waals surface area contributed by atoms with Crippen molar-refractivity contribution >= 4 is 5.91 Å². The molecule has 0 saturated carbocycles. The van der Waals surface area contributed by atoms with E-state index in [0.29, 0.717) is 35.1 Å². The summed E-state index contributed by atoms with van der Waals surface area (Å²) in [6.45, 7) is 3.54. The fourth-order valence-electron chi connectivity index (χ4n) is 3.18. The van der Waals surface area contributed by atoms with Gasteiger partial charge in [0.15, 0.2) is 0 Å². The standard InChI is InChI=1S/C23H22FN5O2/c1-14-12-17(8-9-18(14)24)23-28-21(31-29-23)11-10-20(30)26-15(2)22-25-13-19(27-22)16-6-4-3-5-7-16/h3-9,12-13,15H,10-11H2,1-2H3,(H,25,27)(H,26,30). The molecule has 8 heteroatoms. The summed E-state index contributed by atoms with van der Waals surface area (Å²) < 4.78 is 18.7. The molecule has 31 heavy (non-hydrogen) atoms. The molecule has 158 valence electrons. The van der Waals surface area contributed by atoms with Crippen LogP contribution in [0.2, 0.25) is 0 Å². The monoisotopic (exact) mass is 419 g/mol. The van der Waals surface area contributed by atoms with Crippen LogP contribution in [0.4, 0.5) is 4.39 Å². The number of hydrogen-bond acceptors (Lipinski definition) is 5. The number of halogens is 1. The number of benzene rings is 2. The molecule has 2 N–H and O–H groups in total. The van der Waals surface area contributed by atoms with Crippen LogP contribution in [0.25, 0.3) is 22.6 Å². The summed E-state index contributed by atoms with van der Waals surface area (Å²) in [6.07, 6.45) is 2.25. The lowest BCUT2D eigenvalue weighted by molar-refractivity contribution is -0.121. The topological polar surface area (TPSA) is 96.7 Å². The van der Waals surface area contributed by atoms with Crippen LogP contribution in [0.5, 0.6) is 0 Å². The summed E-state index contributed by atoms with van der Waals surface area (Å²) in [5, 5.41) is 6.84. The second-order valence-corrected chi connectivity index (χ2v) is 7.31. The highest BCUT2D eigenvalue weighted by atomic mass is 19.1. The van der Waals surface area contributed by atoms with Crippen LogP contribution >= 0.6 is 0 Å². The maximum Gasteiger partial charge on any atom is 0.227 e. The molecule has 1 unspecified atom stereocenters. The summed E-state index contributed by atoms with van der Waals surface area (Å²) in [4.78, 5) is 24.3. The zero-order valence-electron chi connectivity index (χ0n) is 17.2. The van der Waals surface area contributed by atoms with Gasteiger partial charge in [-0.1, -0.05) is 35.5 Å². The van der Waals surface area contributed by atoms with Gasteiger partial charge in [0.05, 0.1) is 17.9 Å². The first-order valence-electron chi connectivity index (χ1n) is 9.98. The molecule has 0 radical (unpaired) electrons. The van der Waals surface area contributed by atoms with Gasteiger partial charge in [0.25, 0.3) is 0 Å². The lowest BCUT2D eigenvalue weighted by atomic mass is 10.1. The van der Waals surface area contributed by atoms with Gasteiger partial charge in [-0.3, -0.25) is 4.79 Å². The molecule has 7 nitrogen and oxygen atoms in total. The highest BCUT2D eigenvalue weighted by molar-refractivity contribution is 5.76. The highest BCUT2D eigenvalue weighted by Gasteiger charge is 2.15. The second-order valence-electron chi connectivity index (χ2n) is 7.31. The lowest BCUT2D eigenvalue weighted by Gasteiger charge is -2.11. The normalized spacial score (nSPS) is 12.0. The predicted molar refractivity (Wildman–Crippen MR) is 113 cm³/mol. The van der Waals surface area contributed by atoms with Crippen LogP contribution in [0.1, 0.15) is 36.7 Å². The number of carbonyl (C=O) groups is 1. The van der Waals surface area contributed by atoms with Gasteiger partial charge in [0.1, 0.15) is 11.6 Å². The number of imidazole rings is 1. The Kier molecular flexibility index (Phi) is 5.88. The van der Waals surface area contributed by atoms with Crippen LogP contribution < -0.4 is 5.32 Å². The van der Waals surface area contributed by atoms with Crippen molar-refractivity contribution in [1.29, 1.82) is 0 Å². The number of aryl methyl sites for hydroxylation is 2. The molecule has 0 fully saturated rings. The Bertz CT molecular complexity index is 1190. The Labute approximate surface area is 178 Å². The van der Waals surface area contributed by atoms with Gasteiger partial charge < -0.3 is 14.8 Å². The SMILES string of the molecule is Cc1cc(-c2noc(CCC(=O)NC(C)c3ncc(-c4ccccc4)[nH]3)n2)ccc1F. The van der Waals surface area contributed by atoms with Gasteiger partial charge in [-0.15, -0.1) is 0 Å². The Morgan fingerprint density at radius 1 is 1.19 bits per heavy atom. The largest absolute Gasteiger partial charge is 0.346 e. The van der Waals surface area contributed by atoms with Gasteiger partial charge in [-0.05, 0) is 43.2 Å². The summed E-state index contributed by atoms with van der Waals surface area (Å²) in [5.41, 5.74) is 3.10. The van der Waals surface area contributed by atoms with Crippen molar-refractivity contribution in [2.75, 3.05) is 0 Å². The summed E-state index contributed by atoms with van der Waals surface area (Å²) in [5.74, 6) is 0.965. The number of nitrogens with zero attached hydrogens (tertiary/aromatic N) is 3. The first kappa shape index (κ1) is 20.5. The number of nitrogens with one attached hydrogen (secondary N) is 2. The number of amides is 1. The predicted octanol–water partition coefficient (Wildman–Crippen LogP) is 4.38. The van der Waals surface area contributed by atoms with Crippen LogP contribution in [0.3, 0.4) is 0 Å². The molecule has 0 saturated heterocycles. The van der Waals surface area contributed by atoms with E-state index in [-0.39, 0.29) is 24.2 Å². The molecular weight excluding hydrogens is 397 g/mol. The van der Waals surface area contributed by atoms with Crippen LogP contribution in [0, 0.1) is 12.7 Å². The zero-order valence-corrected chi connectivity index (χ0v) is 17.2. The van der Waals surface area contributed by atoms with Crippen molar-refractivity contribution in [3.8, 4) is 22.6 Å². The van der Waals surface area contributed by atoms with Crippen molar-refractivity contribution in [2.45, 2.75) is 32.7 Å². The smallest absolute Gasteiger partial charge is 0.227 e. The average molecular weight is 419 g/mol. The van der Waals surface area contributed by atoms with E-state index in [4.69, 9.17) is 4.52 Å². The molecule has 2 heterocycles. The Hall–Kier alpha value is -3.81. The number of hydrogen-bond donors (Lipinski definition) is 2. The molecule has 0 bridgehead atoms. The number of rotatable bonds is 7. The molecule has 0 aliphatic rings. The van der Waals surface area contributed by atoms with Crippen LogP contribution in [-0.4, -0.2) is 26.0 Å². The molecular formula is C23H22FN5O2. The fourth-order valence-corrected chi connectivity index (χ4v) is 3.18. The molecule has 1 amide bonds. The fraction of sp³-hybridized carbons (Fsp3) is 0.217. The Morgan fingerprint density at radius 3 is 2.77 bits per heavy atom. The number of H-pyrrole nitrogens is 1. The van der Waals surface area contributed by atoms with E-state index in [0.717, 1.165) is 11.3 Å². The number of aromatic nitrogens is 4. The van der Waals surface area contributed by atoms with Crippen molar-refractivity contribution in [3.05, 3.63) is 77.8 Å². The van der Waals surface area contributed by atoms with E-state index in [1.807, 2.05) is 37.3 Å². The van der Waals surface area contributed by atoms with Crippen LogP contribution in [0.15, 0.2) is 59.3 Å². The van der Waals surface area contributed by atoms with Crippen molar-refractivity contribution in [2.24, 2.45) is 0 Å². The van der Waals surface area contributed by atoms with E-state index in [1.165, 1.54) is 6.07 Å². The molecule has 2 aromatic carbocycles.